The fourth-order valence-electron chi connectivity index (χ4n) is 2.71. The van der Waals surface area contributed by atoms with Crippen molar-refractivity contribution in [3.8, 4) is 5.75 Å². The average Bonchev–Trinajstić information content (AvgIpc) is 2.66. The summed E-state index contributed by atoms with van der Waals surface area (Å²) in [7, 11) is 1.65. The molecule has 0 radical (unpaired) electrons. The van der Waals surface area contributed by atoms with Gasteiger partial charge in [0.15, 0.2) is 0 Å². The summed E-state index contributed by atoms with van der Waals surface area (Å²) in [5.74, 6) is 1.07. The number of para-hydroxylation sites is 1. The number of methoxy groups -OCH3 is 1. The van der Waals surface area contributed by atoms with Crippen molar-refractivity contribution >= 4 is 34.3 Å². The zero-order valence-corrected chi connectivity index (χ0v) is 16.0. The molecule has 134 valence electrons. The van der Waals surface area contributed by atoms with Crippen LogP contribution in [0.15, 0.2) is 53.6 Å². The third kappa shape index (κ3) is 4.17. The van der Waals surface area contributed by atoms with Crippen molar-refractivity contribution in [2.75, 3.05) is 18.2 Å². The third-order valence-corrected chi connectivity index (χ3v) is 5.24. The van der Waals surface area contributed by atoms with Gasteiger partial charge in [0.25, 0.3) is 0 Å². The molecule has 3 rings (SSSR count). The standard InChI is InChI=1S/C21H22N2O2S/c1-4-15-11-16-9-10-17(25-3)12-19(16)23-21(15)26-13-20(24)22-18-8-6-5-7-14(18)2/h5-12H,4,13H2,1-3H3,(H,22,24). The highest BCUT2D eigenvalue weighted by molar-refractivity contribution is 8.00. The van der Waals surface area contributed by atoms with Crippen molar-refractivity contribution in [1.82, 2.24) is 4.98 Å². The summed E-state index contributed by atoms with van der Waals surface area (Å²) in [4.78, 5) is 17.1. The maximum atomic E-state index is 12.3. The molecule has 26 heavy (non-hydrogen) atoms. The lowest BCUT2D eigenvalue weighted by molar-refractivity contribution is -0.113. The first kappa shape index (κ1) is 18.3. The molecule has 1 amide bonds. The first-order valence-electron chi connectivity index (χ1n) is 8.56. The fraction of sp³-hybridized carbons (Fsp3) is 0.238. The van der Waals surface area contributed by atoms with Crippen LogP contribution in [0.2, 0.25) is 0 Å². The third-order valence-electron chi connectivity index (χ3n) is 4.20. The lowest BCUT2D eigenvalue weighted by Crippen LogP contribution is -2.15. The minimum Gasteiger partial charge on any atom is -0.497 e. The van der Waals surface area contributed by atoms with Crippen molar-refractivity contribution in [1.29, 1.82) is 0 Å². The number of benzene rings is 2. The molecule has 0 unspecified atom stereocenters. The monoisotopic (exact) mass is 366 g/mol. The molecule has 0 aliphatic carbocycles. The van der Waals surface area contributed by atoms with Gasteiger partial charge >= 0.3 is 0 Å². The Bertz CT molecular complexity index is 940. The highest BCUT2D eigenvalue weighted by Crippen LogP contribution is 2.28. The first-order valence-corrected chi connectivity index (χ1v) is 9.55. The van der Waals surface area contributed by atoms with Gasteiger partial charge in [0.1, 0.15) is 10.8 Å². The van der Waals surface area contributed by atoms with Gasteiger partial charge < -0.3 is 10.1 Å². The number of pyridine rings is 1. The van der Waals surface area contributed by atoms with E-state index in [1.54, 1.807) is 7.11 Å². The zero-order valence-electron chi connectivity index (χ0n) is 15.2. The summed E-state index contributed by atoms with van der Waals surface area (Å²) < 4.78 is 5.28. The van der Waals surface area contributed by atoms with E-state index in [2.05, 4.69) is 18.3 Å². The van der Waals surface area contributed by atoms with E-state index < -0.39 is 0 Å². The number of hydrogen-bond donors (Lipinski definition) is 1. The number of amides is 1. The van der Waals surface area contributed by atoms with Crippen molar-refractivity contribution < 1.29 is 9.53 Å². The Morgan fingerprint density at radius 3 is 2.73 bits per heavy atom. The molecule has 4 nitrogen and oxygen atoms in total. The van der Waals surface area contributed by atoms with Gasteiger partial charge in [0.2, 0.25) is 5.91 Å². The number of thioether (sulfide) groups is 1. The molecule has 5 heteroatoms. The number of anilines is 1. The van der Waals surface area contributed by atoms with Gasteiger partial charge in [-0.25, -0.2) is 4.98 Å². The minimum absolute atomic E-state index is 0.0288. The van der Waals surface area contributed by atoms with Crippen molar-refractivity contribution in [3.63, 3.8) is 0 Å². The summed E-state index contributed by atoms with van der Waals surface area (Å²) in [5, 5.41) is 4.94. The maximum Gasteiger partial charge on any atom is 0.234 e. The summed E-state index contributed by atoms with van der Waals surface area (Å²) in [6.45, 7) is 4.08. The summed E-state index contributed by atoms with van der Waals surface area (Å²) in [6, 6.07) is 15.8. The van der Waals surface area contributed by atoms with E-state index in [1.165, 1.54) is 11.8 Å². The molecule has 0 bridgehead atoms. The van der Waals surface area contributed by atoms with E-state index in [4.69, 9.17) is 9.72 Å². The molecule has 0 aliphatic rings. The number of carbonyl (C=O) groups excluding carboxylic acids is 1. The Kier molecular flexibility index (Phi) is 5.78. The Labute approximate surface area is 158 Å². The van der Waals surface area contributed by atoms with Gasteiger partial charge in [-0.05, 0) is 48.7 Å². The van der Waals surface area contributed by atoms with E-state index in [9.17, 15) is 4.79 Å². The van der Waals surface area contributed by atoms with Crippen LogP contribution < -0.4 is 10.1 Å². The second-order valence-corrected chi connectivity index (χ2v) is 6.98. The minimum atomic E-state index is -0.0288. The lowest BCUT2D eigenvalue weighted by atomic mass is 10.1. The molecule has 0 saturated heterocycles. The Morgan fingerprint density at radius 2 is 2.00 bits per heavy atom. The predicted octanol–water partition coefficient (Wildman–Crippen LogP) is 4.85. The first-order chi connectivity index (χ1) is 12.6. The van der Waals surface area contributed by atoms with E-state index in [1.807, 2.05) is 49.4 Å². The van der Waals surface area contributed by atoms with E-state index in [0.717, 1.165) is 44.9 Å². The van der Waals surface area contributed by atoms with Crippen LogP contribution >= 0.6 is 11.8 Å². The van der Waals surface area contributed by atoms with Crippen LogP contribution in [-0.4, -0.2) is 23.8 Å². The van der Waals surface area contributed by atoms with Crippen molar-refractivity contribution in [2.45, 2.75) is 25.3 Å². The number of aromatic nitrogens is 1. The van der Waals surface area contributed by atoms with Gasteiger partial charge in [0.05, 0.1) is 18.4 Å². The predicted molar refractivity (Wildman–Crippen MR) is 108 cm³/mol. The molecule has 0 saturated carbocycles. The molecule has 0 atom stereocenters. The number of hydrogen-bond acceptors (Lipinski definition) is 4. The number of fused-ring (bicyclic) bond motifs is 1. The number of ether oxygens (including phenoxy) is 1. The van der Waals surface area contributed by atoms with Crippen LogP contribution in [0.1, 0.15) is 18.1 Å². The molecule has 2 aromatic carbocycles. The number of nitrogens with zero attached hydrogens (tertiary/aromatic N) is 1. The van der Waals surface area contributed by atoms with Crippen LogP contribution in [0, 0.1) is 6.92 Å². The number of nitrogens with one attached hydrogen (secondary N) is 1. The molecule has 0 aliphatic heterocycles. The normalized spacial score (nSPS) is 10.7. The Hall–Kier alpha value is -2.53. The zero-order chi connectivity index (χ0) is 18.5. The number of rotatable bonds is 6. The second kappa shape index (κ2) is 8.23. The highest BCUT2D eigenvalue weighted by Gasteiger charge is 2.11. The Balaban J connectivity index is 1.76. The summed E-state index contributed by atoms with van der Waals surface area (Å²) in [6.07, 6.45) is 0.872. The van der Waals surface area contributed by atoms with Gasteiger partial charge in [-0.3, -0.25) is 4.79 Å². The van der Waals surface area contributed by atoms with E-state index in [0.29, 0.717) is 5.75 Å². The van der Waals surface area contributed by atoms with Gasteiger partial charge in [-0.1, -0.05) is 36.9 Å². The lowest BCUT2D eigenvalue weighted by Gasteiger charge is -2.11. The fourth-order valence-corrected chi connectivity index (χ4v) is 3.60. The average molecular weight is 366 g/mol. The van der Waals surface area contributed by atoms with Gasteiger partial charge in [-0.2, -0.15) is 0 Å². The van der Waals surface area contributed by atoms with Crippen LogP contribution in [0.4, 0.5) is 5.69 Å². The largest absolute Gasteiger partial charge is 0.497 e. The van der Waals surface area contributed by atoms with E-state index in [-0.39, 0.29) is 5.91 Å². The van der Waals surface area contributed by atoms with Crippen molar-refractivity contribution in [3.05, 3.63) is 59.7 Å². The SMILES string of the molecule is CCc1cc2ccc(OC)cc2nc1SCC(=O)Nc1ccccc1C. The highest BCUT2D eigenvalue weighted by atomic mass is 32.2. The number of aryl methyl sites for hydroxylation is 2. The van der Waals surface area contributed by atoms with Crippen LogP contribution in [0.5, 0.6) is 5.75 Å². The van der Waals surface area contributed by atoms with Crippen LogP contribution in [0.25, 0.3) is 10.9 Å². The number of carbonyl (C=O) groups is 1. The topological polar surface area (TPSA) is 51.2 Å². The van der Waals surface area contributed by atoms with Crippen LogP contribution in [0.3, 0.4) is 0 Å². The molecule has 3 aromatic rings. The summed E-state index contributed by atoms with van der Waals surface area (Å²) in [5.41, 5.74) is 3.93. The smallest absolute Gasteiger partial charge is 0.234 e. The maximum absolute atomic E-state index is 12.3. The molecule has 0 spiro atoms. The van der Waals surface area contributed by atoms with Crippen LogP contribution in [-0.2, 0) is 11.2 Å². The molecule has 0 fully saturated rings. The molecular formula is C21H22N2O2S. The quantitative estimate of drug-likeness (QED) is 0.634. The van der Waals surface area contributed by atoms with Crippen molar-refractivity contribution in [2.24, 2.45) is 0 Å². The van der Waals surface area contributed by atoms with Gasteiger partial charge in [0, 0.05) is 17.1 Å². The molecular weight excluding hydrogens is 344 g/mol. The van der Waals surface area contributed by atoms with E-state index >= 15 is 0 Å². The summed E-state index contributed by atoms with van der Waals surface area (Å²) >= 11 is 1.47. The molecule has 1 N–H and O–H groups in total. The Morgan fingerprint density at radius 1 is 1.19 bits per heavy atom. The molecule has 1 aromatic heterocycles. The molecule has 1 heterocycles. The second-order valence-electron chi connectivity index (χ2n) is 6.02. The van der Waals surface area contributed by atoms with Gasteiger partial charge in [-0.15, -0.1) is 0 Å².